The second kappa shape index (κ2) is 7.15. The molecule has 0 unspecified atom stereocenters. The highest BCUT2D eigenvalue weighted by Crippen LogP contribution is 2.26. The Morgan fingerprint density at radius 1 is 1.25 bits per heavy atom. The van der Waals surface area contributed by atoms with Gasteiger partial charge in [-0.25, -0.2) is 14.4 Å². The topological polar surface area (TPSA) is 98.8 Å². The number of hydrogen-bond donors (Lipinski definition) is 2. The van der Waals surface area contributed by atoms with Crippen molar-refractivity contribution in [2.75, 3.05) is 13.2 Å². The van der Waals surface area contributed by atoms with Gasteiger partial charge in [-0.2, -0.15) is 0 Å². The van der Waals surface area contributed by atoms with Gasteiger partial charge in [-0.15, -0.1) is 0 Å². The number of nitrogens with one attached hydrogen (secondary N) is 1. The van der Waals surface area contributed by atoms with Crippen LogP contribution in [0.2, 0.25) is 0 Å². The maximum absolute atomic E-state index is 12.2. The molecule has 3 N–H and O–H groups in total. The number of fused-ring (bicyclic) bond motifs is 1. The number of aromatic amines is 1. The first kappa shape index (κ1) is 17.5. The summed E-state index contributed by atoms with van der Waals surface area (Å²) in [6, 6.07) is 5.11. The molecule has 7 heteroatoms. The molecule has 126 valence electrons. The first-order chi connectivity index (χ1) is 11.5. The average Bonchev–Trinajstić information content (AvgIpc) is 2.97. The smallest absolute Gasteiger partial charge is 0.338 e. The Kier molecular flexibility index (Phi) is 5.21. The number of H-pyrrole nitrogens is 1. The number of hydrogen-bond acceptors (Lipinski definition) is 5. The Morgan fingerprint density at radius 2 is 1.88 bits per heavy atom. The van der Waals surface area contributed by atoms with Crippen molar-refractivity contribution in [2.45, 2.75) is 25.8 Å². The lowest BCUT2D eigenvalue weighted by atomic mass is 9.91. The quantitative estimate of drug-likeness (QED) is 0.480. The minimum absolute atomic E-state index is 0.0674. The number of nitrogens with two attached hydrogens (primary N) is 1. The lowest BCUT2D eigenvalue weighted by Crippen LogP contribution is -2.58. The average molecular weight is 329 g/mol. The zero-order chi connectivity index (χ0) is 17.7. The van der Waals surface area contributed by atoms with E-state index < -0.39 is 17.5 Å². The largest absolute Gasteiger partial charge is 0.464 e. The van der Waals surface area contributed by atoms with Gasteiger partial charge < -0.3 is 20.2 Å². The van der Waals surface area contributed by atoms with Crippen molar-refractivity contribution in [2.24, 2.45) is 5.73 Å². The first-order valence-corrected chi connectivity index (χ1v) is 7.57. The van der Waals surface area contributed by atoms with Gasteiger partial charge in [-0.1, -0.05) is 12.1 Å². The standard InChI is InChI=1S/C17H19N3O4/c1-4-23-15(21)17(18,16(22)24-5-2)9-11-10-20-14-8-12(19-3)6-7-13(11)14/h6-8,10,20H,4-5,9,18H2,1-2H3. The second-order valence-electron chi connectivity index (χ2n) is 5.24. The molecule has 0 aliphatic heterocycles. The number of carbonyl (C=O) groups excluding carboxylic acids is 2. The summed E-state index contributed by atoms with van der Waals surface area (Å²) in [6.07, 6.45) is 1.60. The number of esters is 2. The zero-order valence-electron chi connectivity index (χ0n) is 13.6. The predicted octanol–water partition coefficient (Wildman–Crippen LogP) is 2.08. The van der Waals surface area contributed by atoms with E-state index in [-0.39, 0.29) is 19.6 Å². The van der Waals surface area contributed by atoms with E-state index in [0.717, 1.165) is 10.9 Å². The van der Waals surface area contributed by atoms with Gasteiger partial charge in [0, 0.05) is 23.5 Å². The van der Waals surface area contributed by atoms with Crippen LogP contribution >= 0.6 is 0 Å². The van der Waals surface area contributed by atoms with Crippen LogP contribution in [0, 0.1) is 6.57 Å². The van der Waals surface area contributed by atoms with Gasteiger partial charge in [0.05, 0.1) is 19.8 Å². The zero-order valence-corrected chi connectivity index (χ0v) is 13.6. The Labute approximate surface area is 139 Å². The second-order valence-corrected chi connectivity index (χ2v) is 5.24. The van der Waals surface area contributed by atoms with E-state index in [1.54, 1.807) is 38.2 Å². The molecular formula is C17H19N3O4. The minimum atomic E-state index is -1.92. The number of aromatic nitrogens is 1. The van der Waals surface area contributed by atoms with Crippen LogP contribution in [0.5, 0.6) is 0 Å². The Morgan fingerprint density at radius 3 is 2.42 bits per heavy atom. The third kappa shape index (κ3) is 3.24. The first-order valence-electron chi connectivity index (χ1n) is 7.57. The summed E-state index contributed by atoms with van der Waals surface area (Å²) in [5.41, 5.74) is 6.06. The van der Waals surface area contributed by atoms with Gasteiger partial charge in [-0.05, 0) is 25.5 Å². The van der Waals surface area contributed by atoms with Crippen LogP contribution < -0.4 is 5.73 Å². The van der Waals surface area contributed by atoms with Crippen molar-refractivity contribution >= 4 is 28.5 Å². The molecule has 0 fully saturated rings. The number of carbonyl (C=O) groups is 2. The molecule has 1 heterocycles. The van der Waals surface area contributed by atoms with Crippen molar-refractivity contribution < 1.29 is 19.1 Å². The molecule has 0 saturated heterocycles. The number of ether oxygens (including phenoxy) is 2. The molecule has 0 aliphatic rings. The van der Waals surface area contributed by atoms with Gasteiger partial charge in [0.25, 0.3) is 0 Å². The van der Waals surface area contributed by atoms with Gasteiger partial charge in [-0.3, -0.25) is 0 Å². The van der Waals surface area contributed by atoms with Crippen LogP contribution in [0.15, 0.2) is 24.4 Å². The van der Waals surface area contributed by atoms with Gasteiger partial charge >= 0.3 is 11.9 Å². The number of benzene rings is 1. The SMILES string of the molecule is [C-]#[N+]c1ccc2c(CC(N)(C(=O)OCC)C(=O)OCC)c[nH]c2c1. The van der Waals surface area contributed by atoms with Crippen LogP contribution in [-0.4, -0.2) is 35.7 Å². The highest BCUT2D eigenvalue weighted by atomic mass is 16.6. The third-order valence-electron chi connectivity index (χ3n) is 3.63. The van der Waals surface area contributed by atoms with E-state index in [4.69, 9.17) is 21.8 Å². The van der Waals surface area contributed by atoms with Crippen LogP contribution in [0.25, 0.3) is 15.7 Å². The molecule has 0 atom stereocenters. The summed E-state index contributed by atoms with van der Waals surface area (Å²) in [6.45, 7) is 10.5. The summed E-state index contributed by atoms with van der Waals surface area (Å²) < 4.78 is 9.91. The third-order valence-corrected chi connectivity index (χ3v) is 3.63. The maximum atomic E-state index is 12.2. The van der Waals surface area contributed by atoms with E-state index in [9.17, 15) is 9.59 Å². The molecule has 0 spiro atoms. The van der Waals surface area contributed by atoms with Crippen molar-refractivity contribution in [1.82, 2.24) is 4.98 Å². The van der Waals surface area contributed by atoms with Crippen molar-refractivity contribution in [3.63, 3.8) is 0 Å². The van der Waals surface area contributed by atoms with Gasteiger partial charge in [0.15, 0.2) is 5.69 Å². The fourth-order valence-corrected chi connectivity index (χ4v) is 2.44. The monoisotopic (exact) mass is 329 g/mol. The lowest BCUT2D eigenvalue weighted by molar-refractivity contribution is -0.163. The van der Waals surface area contributed by atoms with Crippen LogP contribution in [0.4, 0.5) is 5.69 Å². The Balaban J connectivity index is 2.41. The van der Waals surface area contributed by atoms with E-state index >= 15 is 0 Å². The predicted molar refractivity (Wildman–Crippen MR) is 88.4 cm³/mol. The highest BCUT2D eigenvalue weighted by Gasteiger charge is 2.45. The lowest BCUT2D eigenvalue weighted by Gasteiger charge is -2.24. The molecule has 0 saturated carbocycles. The van der Waals surface area contributed by atoms with E-state index in [1.165, 1.54) is 0 Å². The Hall–Kier alpha value is -2.85. The summed E-state index contributed by atoms with van der Waals surface area (Å²) in [5, 5.41) is 0.783. The molecule has 24 heavy (non-hydrogen) atoms. The molecule has 1 aromatic heterocycles. The van der Waals surface area contributed by atoms with Crippen molar-refractivity contribution in [1.29, 1.82) is 0 Å². The number of nitrogens with zero attached hydrogens (tertiary/aromatic N) is 1. The molecular weight excluding hydrogens is 310 g/mol. The fourth-order valence-electron chi connectivity index (χ4n) is 2.44. The molecule has 2 rings (SSSR count). The molecule has 0 radical (unpaired) electrons. The molecule has 0 amide bonds. The van der Waals surface area contributed by atoms with Crippen LogP contribution in [0.3, 0.4) is 0 Å². The van der Waals surface area contributed by atoms with Crippen LogP contribution in [-0.2, 0) is 25.5 Å². The molecule has 1 aromatic carbocycles. The molecule has 0 aliphatic carbocycles. The summed E-state index contributed by atoms with van der Waals surface area (Å²) >= 11 is 0. The summed E-state index contributed by atoms with van der Waals surface area (Å²) in [7, 11) is 0. The van der Waals surface area contributed by atoms with Crippen LogP contribution in [0.1, 0.15) is 19.4 Å². The normalized spacial score (nSPS) is 11.1. The van der Waals surface area contributed by atoms with Crippen molar-refractivity contribution in [3.05, 3.63) is 41.4 Å². The van der Waals surface area contributed by atoms with Gasteiger partial charge in [0.2, 0.25) is 5.54 Å². The van der Waals surface area contributed by atoms with E-state index in [2.05, 4.69) is 9.83 Å². The van der Waals surface area contributed by atoms with Gasteiger partial charge in [0.1, 0.15) is 0 Å². The number of rotatable bonds is 6. The molecule has 7 nitrogen and oxygen atoms in total. The molecule has 0 bridgehead atoms. The summed E-state index contributed by atoms with van der Waals surface area (Å²) in [4.78, 5) is 30.9. The summed E-state index contributed by atoms with van der Waals surface area (Å²) in [5.74, 6) is -1.65. The highest BCUT2D eigenvalue weighted by molar-refractivity contribution is 6.05. The Bertz CT molecular complexity index is 786. The van der Waals surface area contributed by atoms with E-state index in [1.807, 2.05) is 0 Å². The minimum Gasteiger partial charge on any atom is -0.464 e. The molecule has 2 aromatic rings. The fraction of sp³-hybridized carbons (Fsp3) is 0.353. The maximum Gasteiger partial charge on any atom is 0.338 e. The van der Waals surface area contributed by atoms with E-state index in [0.29, 0.717) is 11.3 Å². The van der Waals surface area contributed by atoms with Crippen molar-refractivity contribution in [3.8, 4) is 0 Å².